The monoisotopic (exact) mass is 394 g/mol. The topological polar surface area (TPSA) is 83.4 Å². The van der Waals surface area contributed by atoms with Crippen LogP contribution in [0.3, 0.4) is 0 Å². The van der Waals surface area contributed by atoms with Gasteiger partial charge in [-0.15, -0.1) is 0 Å². The third-order valence-electron chi connectivity index (χ3n) is 6.36. The first-order valence-electron chi connectivity index (χ1n) is 10.3. The highest BCUT2D eigenvalue weighted by Gasteiger charge is 2.45. The number of H-pyrrole nitrogens is 1. The minimum Gasteiger partial charge on any atom is -0.483 e. The van der Waals surface area contributed by atoms with Crippen LogP contribution in [-0.4, -0.2) is 49.4 Å². The summed E-state index contributed by atoms with van der Waals surface area (Å²) in [6.07, 6.45) is 3.17. The van der Waals surface area contributed by atoms with Gasteiger partial charge in [0.25, 0.3) is 5.91 Å². The van der Waals surface area contributed by atoms with Crippen LogP contribution in [0.4, 0.5) is 0 Å². The second-order valence-electron chi connectivity index (χ2n) is 8.20. The fourth-order valence-corrected chi connectivity index (χ4v) is 4.75. The van der Waals surface area contributed by atoms with Gasteiger partial charge in [0.05, 0.1) is 11.8 Å². The number of carbonyl (C=O) groups is 1. The van der Waals surface area contributed by atoms with Crippen LogP contribution in [0.15, 0.2) is 30.5 Å². The third-order valence-corrected chi connectivity index (χ3v) is 6.36. The summed E-state index contributed by atoms with van der Waals surface area (Å²) in [7, 11) is 0. The molecule has 0 aliphatic carbocycles. The molecule has 7 heteroatoms. The number of para-hydroxylation sites is 1. The van der Waals surface area contributed by atoms with Crippen LogP contribution in [0.1, 0.15) is 54.0 Å². The van der Waals surface area contributed by atoms with Crippen LogP contribution < -0.4 is 4.74 Å². The van der Waals surface area contributed by atoms with E-state index in [1.54, 1.807) is 4.68 Å². The van der Waals surface area contributed by atoms with Gasteiger partial charge in [-0.2, -0.15) is 5.10 Å². The molecule has 29 heavy (non-hydrogen) atoms. The molecule has 2 aliphatic heterocycles. The summed E-state index contributed by atoms with van der Waals surface area (Å²) in [5, 5.41) is 16.0. The number of nitrogens with one attached hydrogen (secondary N) is 1. The minimum atomic E-state index is -0.621. The molecule has 2 N–H and O–H groups in total. The Morgan fingerprint density at radius 1 is 1.34 bits per heavy atom. The van der Waals surface area contributed by atoms with E-state index in [0.717, 1.165) is 28.7 Å². The number of hydrogen-bond donors (Lipinski definition) is 2. The van der Waals surface area contributed by atoms with E-state index in [1.807, 2.05) is 49.2 Å². The average Bonchev–Trinajstić information content (AvgIpc) is 3.28. The summed E-state index contributed by atoms with van der Waals surface area (Å²) in [4.78, 5) is 18.5. The van der Waals surface area contributed by atoms with Crippen LogP contribution in [-0.2, 0) is 6.54 Å². The van der Waals surface area contributed by atoms with Crippen molar-refractivity contribution in [1.29, 1.82) is 0 Å². The maximum atomic E-state index is 13.3. The smallest absolute Gasteiger partial charge is 0.256 e. The molecule has 2 aliphatic rings. The van der Waals surface area contributed by atoms with Gasteiger partial charge in [-0.3, -0.25) is 9.48 Å². The zero-order valence-corrected chi connectivity index (χ0v) is 16.8. The zero-order valence-electron chi connectivity index (χ0n) is 16.8. The minimum absolute atomic E-state index is 0.0608. The molecule has 1 saturated heterocycles. The van der Waals surface area contributed by atoms with Gasteiger partial charge in [0.15, 0.2) is 5.75 Å². The highest BCUT2D eigenvalue weighted by Crippen LogP contribution is 2.44. The Morgan fingerprint density at radius 2 is 2.10 bits per heavy atom. The predicted octanol–water partition coefficient (Wildman–Crippen LogP) is 3.18. The van der Waals surface area contributed by atoms with Crippen LogP contribution in [0.2, 0.25) is 0 Å². The van der Waals surface area contributed by atoms with Gasteiger partial charge < -0.3 is 19.7 Å². The number of piperidine rings is 1. The standard InChI is InChI=1S/C22H26N4O3/c1-3-26-13-18-20(24-26)17(27)12-22(29-18)8-10-25(11-9-22)21(28)19-14(2)23-16-7-5-4-6-15(16)19/h4-7,13,17,23,27H,3,8-12H2,1-2H3. The Balaban J connectivity index is 1.35. The maximum Gasteiger partial charge on any atom is 0.256 e. The SMILES string of the molecule is CCn1cc2c(n1)C(O)CC1(CCN(C(=O)c3c(C)[nH]c4ccccc34)CC1)O2. The molecular formula is C22H26N4O3. The Labute approximate surface area is 169 Å². The number of ether oxygens (including phenoxy) is 1. The molecule has 1 aromatic carbocycles. The summed E-state index contributed by atoms with van der Waals surface area (Å²) in [5.74, 6) is 0.739. The van der Waals surface area contributed by atoms with E-state index in [0.29, 0.717) is 43.8 Å². The van der Waals surface area contributed by atoms with Crippen LogP contribution in [0, 0.1) is 6.92 Å². The first kappa shape index (κ1) is 18.2. The van der Waals surface area contributed by atoms with E-state index < -0.39 is 11.7 Å². The van der Waals surface area contributed by atoms with E-state index >= 15 is 0 Å². The maximum absolute atomic E-state index is 13.3. The summed E-state index contributed by atoms with van der Waals surface area (Å²) < 4.78 is 8.14. The van der Waals surface area contributed by atoms with E-state index in [1.165, 1.54) is 0 Å². The molecule has 2 aromatic heterocycles. The van der Waals surface area contributed by atoms with E-state index in [-0.39, 0.29) is 5.91 Å². The fourth-order valence-electron chi connectivity index (χ4n) is 4.75. The number of aromatic nitrogens is 3. The van der Waals surface area contributed by atoms with E-state index in [4.69, 9.17) is 4.74 Å². The molecule has 1 atom stereocenters. The lowest BCUT2D eigenvalue weighted by Gasteiger charge is -2.44. The van der Waals surface area contributed by atoms with Gasteiger partial charge in [0, 0.05) is 55.5 Å². The van der Waals surface area contributed by atoms with Crippen molar-refractivity contribution in [3.63, 3.8) is 0 Å². The normalized spacial score (nSPS) is 20.7. The molecule has 0 radical (unpaired) electrons. The molecular weight excluding hydrogens is 368 g/mol. The van der Waals surface area contributed by atoms with Crippen LogP contribution >= 0.6 is 0 Å². The average molecular weight is 394 g/mol. The number of rotatable bonds is 2. The van der Waals surface area contributed by atoms with Gasteiger partial charge in [-0.05, 0) is 19.9 Å². The molecule has 0 saturated carbocycles. The first-order chi connectivity index (χ1) is 14.0. The number of fused-ring (bicyclic) bond motifs is 2. The fraction of sp³-hybridized carbons (Fsp3) is 0.455. The number of likely N-dealkylation sites (tertiary alicyclic amines) is 1. The molecule has 7 nitrogen and oxygen atoms in total. The van der Waals surface area contributed by atoms with Gasteiger partial charge in [-0.1, -0.05) is 18.2 Å². The second kappa shape index (κ2) is 6.62. The van der Waals surface area contributed by atoms with Gasteiger partial charge in [0.2, 0.25) is 0 Å². The molecule has 5 rings (SSSR count). The number of nitrogens with zero attached hydrogens (tertiary/aromatic N) is 3. The van der Waals surface area contributed by atoms with Crippen molar-refractivity contribution in [3.8, 4) is 5.75 Å². The van der Waals surface area contributed by atoms with Crippen molar-refractivity contribution in [3.05, 3.63) is 47.4 Å². The van der Waals surface area contributed by atoms with E-state index in [2.05, 4.69) is 10.1 Å². The van der Waals surface area contributed by atoms with Crippen molar-refractivity contribution < 1.29 is 14.6 Å². The van der Waals surface area contributed by atoms with Crippen molar-refractivity contribution >= 4 is 16.8 Å². The van der Waals surface area contributed by atoms with Crippen LogP contribution in [0.25, 0.3) is 10.9 Å². The number of aromatic amines is 1. The van der Waals surface area contributed by atoms with Gasteiger partial charge >= 0.3 is 0 Å². The molecule has 152 valence electrons. The summed E-state index contributed by atoms with van der Waals surface area (Å²) >= 11 is 0. The number of benzene rings is 1. The van der Waals surface area contributed by atoms with Gasteiger partial charge in [0.1, 0.15) is 17.4 Å². The van der Waals surface area contributed by atoms with Crippen molar-refractivity contribution in [2.24, 2.45) is 0 Å². The molecule has 1 spiro atoms. The Hall–Kier alpha value is -2.80. The zero-order chi connectivity index (χ0) is 20.2. The van der Waals surface area contributed by atoms with Crippen molar-refractivity contribution in [2.75, 3.05) is 13.1 Å². The predicted molar refractivity (Wildman–Crippen MR) is 109 cm³/mol. The quantitative estimate of drug-likeness (QED) is 0.699. The van der Waals surface area contributed by atoms with Gasteiger partial charge in [-0.25, -0.2) is 0 Å². The molecule has 3 aromatic rings. The molecule has 1 fully saturated rings. The highest BCUT2D eigenvalue weighted by atomic mass is 16.5. The number of aliphatic hydroxyl groups excluding tert-OH is 1. The molecule has 0 bridgehead atoms. The number of carbonyl (C=O) groups excluding carboxylic acids is 1. The first-order valence-corrected chi connectivity index (χ1v) is 10.3. The number of amides is 1. The van der Waals surface area contributed by atoms with E-state index in [9.17, 15) is 9.90 Å². The summed E-state index contributed by atoms with van der Waals surface area (Å²) in [5.41, 5.74) is 2.84. The lowest BCUT2D eigenvalue weighted by molar-refractivity contribution is -0.0504. The lowest BCUT2D eigenvalue weighted by Crippen LogP contribution is -2.51. The summed E-state index contributed by atoms with van der Waals surface area (Å²) in [6.45, 7) is 5.93. The highest BCUT2D eigenvalue weighted by molar-refractivity contribution is 6.08. The Kier molecular flexibility index (Phi) is 4.17. The van der Waals surface area contributed by atoms with Crippen molar-refractivity contribution in [2.45, 2.75) is 51.4 Å². The Morgan fingerprint density at radius 3 is 2.86 bits per heavy atom. The second-order valence-corrected chi connectivity index (χ2v) is 8.20. The number of hydrogen-bond acceptors (Lipinski definition) is 4. The van der Waals surface area contributed by atoms with Crippen LogP contribution in [0.5, 0.6) is 5.75 Å². The molecule has 1 amide bonds. The Bertz CT molecular complexity index is 1080. The molecule has 1 unspecified atom stereocenters. The number of aryl methyl sites for hydroxylation is 2. The largest absolute Gasteiger partial charge is 0.483 e. The lowest BCUT2D eigenvalue weighted by atomic mass is 9.83. The van der Waals surface area contributed by atoms with Crippen molar-refractivity contribution in [1.82, 2.24) is 19.7 Å². The molecule has 4 heterocycles. The summed E-state index contributed by atoms with van der Waals surface area (Å²) in [6, 6.07) is 7.92. The number of aliphatic hydroxyl groups is 1. The third kappa shape index (κ3) is 2.92.